The van der Waals surface area contributed by atoms with Crippen molar-refractivity contribution >= 4 is 37.5 Å². The minimum atomic E-state index is 1.17. The van der Waals surface area contributed by atoms with E-state index in [1.54, 1.807) is 0 Å². The second-order valence-electron chi connectivity index (χ2n) is 9.54. The third-order valence-corrected chi connectivity index (χ3v) is 8.00. The number of aryl methyl sites for hydroxylation is 1. The summed E-state index contributed by atoms with van der Waals surface area (Å²) < 4.78 is 1.17. The van der Waals surface area contributed by atoms with E-state index in [1.807, 2.05) is 0 Å². The van der Waals surface area contributed by atoms with Crippen LogP contribution in [0, 0.1) is 0 Å². The van der Waals surface area contributed by atoms with Gasteiger partial charge in [0.15, 0.2) is 0 Å². The average molecular weight is 522 g/mol. The van der Waals surface area contributed by atoms with E-state index < -0.39 is 0 Å². The first-order valence-electron chi connectivity index (χ1n) is 13.1. The number of unbranched alkanes of at least 4 members (excludes halogenated alkanes) is 5. The van der Waals surface area contributed by atoms with Gasteiger partial charge in [-0.05, 0) is 78.1 Å². The van der Waals surface area contributed by atoms with Crippen molar-refractivity contribution in [2.45, 2.75) is 51.9 Å². The van der Waals surface area contributed by atoms with Gasteiger partial charge in [-0.25, -0.2) is 0 Å². The van der Waals surface area contributed by atoms with Gasteiger partial charge < -0.3 is 0 Å². The van der Waals surface area contributed by atoms with Crippen LogP contribution < -0.4 is 0 Å². The van der Waals surface area contributed by atoms with Crippen molar-refractivity contribution < 1.29 is 0 Å². The Balaban J connectivity index is 1.52. The average Bonchev–Trinajstić information content (AvgIpc) is 2.92. The molecule has 0 nitrogen and oxygen atoms in total. The molecule has 0 aliphatic carbocycles. The van der Waals surface area contributed by atoms with Crippen molar-refractivity contribution in [2.75, 3.05) is 0 Å². The Hall–Kier alpha value is -2.90. The molecule has 0 N–H and O–H groups in total. The summed E-state index contributed by atoms with van der Waals surface area (Å²) in [6, 6.07) is 35.6. The Morgan fingerprint density at radius 3 is 1.66 bits per heavy atom. The SMILES string of the molecule is CCCCCCCCc1ccc(-c2ccccc2-c2c3ccccc3c(Br)c3ccccc23)cc1. The molecule has 0 amide bonds. The zero-order valence-electron chi connectivity index (χ0n) is 20.6. The lowest BCUT2D eigenvalue weighted by Crippen LogP contribution is -1.91. The van der Waals surface area contributed by atoms with E-state index >= 15 is 0 Å². The lowest BCUT2D eigenvalue weighted by molar-refractivity contribution is 0.607. The van der Waals surface area contributed by atoms with Crippen molar-refractivity contribution in [2.24, 2.45) is 0 Å². The largest absolute Gasteiger partial charge is 0.0654 e. The number of halogens is 1. The van der Waals surface area contributed by atoms with Crippen LogP contribution in [0.1, 0.15) is 51.0 Å². The van der Waals surface area contributed by atoms with E-state index in [0.29, 0.717) is 0 Å². The third kappa shape index (κ3) is 5.07. The molecule has 0 unspecified atom stereocenters. The lowest BCUT2D eigenvalue weighted by atomic mass is 9.87. The third-order valence-electron chi connectivity index (χ3n) is 7.15. The molecule has 5 rings (SSSR count). The molecule has 35 heavy (non-hydrogen) atoms. The first kappa shape index (κ1) is 23.8. The highest BCUT2D eigenvalue weighted by Gasteiger charge is 2.16. The molecule has 0 atom stereocenters. The van der Waals surface area contributed by atoms with Crippen LogP contribution >= 0.6 is 15.9 Å². The maximum atomic E-state index is 3.90. The fourth-order valence-corrected chi connectivity index (χ4v) is 5.97. The number of rotatable bonds is 9. The molecule has 0 spiro atoms. The maximum absolute atomic E-state index is 3.90. The van der Waals surface area contributed by atoms with Gasteiger partial charge in [0.25, 0.3) is 0 Å². The predicted molar refractivity (Wildman–Crippen MR) is 157 cm³/mol. The first-order valence-corrected chi connectivity index (χ1v) is 13.8. The summed E-state index contributed by atoms with van der Waals surface area (Å²) in [5, 5.41) is 5.08. The van der Waals surface area contributed by atoms with E-state index in [4.69, 9.17) is 0 Å². The van der Waals surface area contributed by atoms with Crippen LogP contribution in [0.15, 0.2) is 102 Å². The highest BCUT2D eigenvalue weighted by Crippen LogP contribution is 2.44. The van der Waals surface area contributed by atoms with Gasteiger partial charge in [0.2, 0.25) is 0 Å². The molecule has 176 valence electrons. The number of hydrogen-bond donors (Lipinski definition) is 0. The molecular formula is C34H33Br. The topological polar surface area (TPSA) is 0 Å². The number of benzene rings is 5. The Morgan fingerprint density at radius 1 is 0.514 bits per heavy atom. The minimum Gasteiger partial charge on any atom is -0.0654 e. The molecule has 0 heterocycles. The van der Waals surface area contributed by atoms with Gasteiger partial charge >= 0.3 is 0 Å². The second kappa shape index (κ2) is 11.2. The van der Waals surface area contributed by atoms with Gasteiger partial charge in [-0.3, -0.25) is 0 Å². The summed E-state index contributed by atoms with van der Waals surface area (Å²) in [6.45, 7) is 2.28. The fraction of sp³-hybridized carbons (Fsp3) is 0.235. The zero-order valence-corrected chi connectivity index (χ0v) is 22.2. The van der Waals surface area contributed by atoms with Gasteiger partial charge in [0.1, 0.15) is 0 Å². The van der Waals surface area contributed by atoms with Crippen LogP contribution in [0.2, 0.25) is 0 Å². The molecule has 5 aromatic rings. The van der Waals surface area contributed by atoms with Crippen molar-refractivity contribution in [3.63, 3.8) is 0 Å². The highest BCUT2D eigenvalue weighted by atomic mass is 79.9. The summed E-state index contributed by atoms with van der Waals surface area (Å²) in [5.74, 6) is 0. The summed E-state index contributed by atoms with van der Waals surface area (Å²) in [7, 11) is 0. The first-order chi connectivity index (χ1) is 17.3. The molecule has 0 aromatic heterocycles. The summed E-state index contributed by atoms with van der Waals surface area (Å²) in [4.78, 5) is 0. The standard InChI is InChI=1S/C34H33Br/c1-2-3-4-5-6-7-14-25-21-23-26(24-22-25)27-15-8-9-16-28(27)33-29-17-10-12-19-31(29)34(35)32-20-13-11-18-30(32)33/h8-13,15-24H,2-7,14H2,1H3. The summed E-state index contributed by atoms with van der Waals surface area (Å²) >= 11 is 3.90. The van der Waals surface area contributed by atoms with Crippen LogP contribution in [0.4, 0.5) is 0 Å². The van der Waals surface area contributed by atoms with Crippen molar-refractivity contribution in [3.05, 3.63) is 107 Å². The highest BCUT2D eigenvalue weighted by molar-refractivity contribution is 9.10. The monoisotopic (exact) mass is 520 g/mol. The molecule has 0 saturated carbocycles. The van der Waals surface area contributed by atoms with E-state index in [0.717, 1.165) is 0 Å². The van der Waals surface area contributed by atoms with Gasteiger partial charge in [-0.1, -0.05) is 136 Å². The van der Waals surface area contributed by atoms with E-state index in [9.17, 15) is 0 Å². The Labute approximate surface area is 218 Å². The van der Waals surface area contributed by atoms with Gasteiger partial charge in [0.05, 0.1) is 0 Å². The van der Waals surface area contributed by atoms with Gasteiger partial charge in [0, 0.05) is 4.47 Å². The van der Waals surface area contributed by atoms with Crippen LogP contribution in [0.3, 0.4) is 0 Å². The molecule has 0 radical (unpaired) electrons. The van der Waals surface area contributed by atoms with Crippen molar-refractivity contribution in [1.29, 1.82) is 0 Å². The normalized spacial score (nSPS) is 11.4. The smallest absolute Gasteiger partial charge is 0.0332 e. The quantitative estimate of drug-likeness (QED) is 0.134. The summed E-state index contributed by atoms with van der Waals surface area (Å²) in [5.41, 5.74) is 6.61. The van der Waals surface area contributed by atoms with Crippen LogP contribution in [0.5, 0.6) is 0 Å². The van der Waals surface area contributed by atoms with Crippen LogP contribution in [0.25, 0.3) is 43.8 Å². The number of fused-ring (bicyclic) bond motifs is 2. The van der Waals surface area contributed by atoms with Crippen molar-refractivity contribution in [3.8, 4) is 22.3 Å². The molecular weight excluding hydrogens is 488 g/mol. The van der Waals surface area contributed by atoms with Crippen molar-refractivity contribution in [1.82, 2.24) is 0 Å². The van der Waals surface area contributed by atoms with E-state index in [-0.39, 0.29) is 0 Å². The molecule has 0 aliphatic rings. The molecule has 0 aliphatic heterocycles. The minimum absolute atomic E-state index is 1.17. The zero-order chi connectivity index (χ0) is 24.0. The predicted octanol–water partition coefficient (Wildman–Crippen LogP) is 11.0. The van der Waals surface area contributed by atoms with Crippen LogP contribution in [-0.4, -0.2) is 0 Å². The number of hydrogen-bond acceptors (Lipinski definition) is 0. The molecule has 0 saturated heterocycles. The Bertz CT molecular complexity index is 1370. The Kier molecular flexibility index (Phi) is 7.64. The molecule has 5 aromatic carbocycles. The van der Waals surface area contributed by atoms with Crippen LogP contribution in [-0.2, 0) is 6.42 Å². The van der Waals surface area contributed by atoms with E-state index in [2.05, 4.69) is 120 Å². The van der Waals surface area contributed by atoms with Gasteiger partial charge in [-0.2, -0.15) is 0 Å². The second-order valence-corrected chi connectivity index (χ2v) is 10.3. The molecule has 0 fully saturated rings. The summed E-state index contributed by atoms with van der Waals surface area (Å²) in [6.07, 6.45) is 9.24. The van der Waals surface area contributed by atoms with E-state index in [1.165, 1.54) is 98.8 Å². The molecule has 0 bridgehead atoms. The molecule has 1 heteroatoms. The fourth-order valence-electron chi connectivity index (χ4n) is 5.28. The van der Waals surface area contributed by atoms with Gasteiger partial charge in [-0.15, -0.1) is 0 Å². The maximum Gasteiger partial charge on any atom is 0.0332 e. The Morgan fingerprint density at radius 2 is 1.03 bits per heavy atom. The lowest BCUT2D eigenvalue weighted by Gasteiger charge is -2.17.